The van der Waals surface area contributed by atoms with Crippen molar-refractivity contribution >= 4 is 23.2 Å². The van der Waals surface area contributed by atoms with Gasteiger partial charge in [-0.1, -0.05) is 23.2 Å². The van der Waals surface area contributed by atoms with Gasteiger partial charge in [0.1, 0.15) is 5.75 Å². The third-order valence-electron chi connectivity index (χ3n) is 2.07. The minimum absolute atomic E-state index is 0.591. The monoisotopic (exact) mass is 216 g/mol. The first-order valence-corrected chi connectivity index (χ1v) is 5.09. The highest BCUT2D eigenvalue weighted by molar-refractivity contribution is 6.35. The third kappa shape index (κ3) is 2.52. The second-order valence-electron chi connectivity index (χ2n) is 3.33. The number of ether oxygens (including phenoxy) is 1. The van der Waals surface area contributed by atoms with E-state index in [1.165, 1.54) is 12.8 Å². The summed E-state index contributed by atoms with van der Waals surface area (Å²) in [5, 5.41) is 1.23. The first kappa shape index (κ1) is 9.17. The molecule has 1 fully saturated rings. The van der Waals surface area contributed by atoms with Crippen LogP contribution in [-0.4, -0.2) is 6.61 Å². The third-order valence-corrected chi connectivity index (χ3v) is 2.60. The Morgan fingerprint density at radius 3 is 2.69 bits per heavy atom. The van der Waals surface area contributed by atoms with E-state index in [0.29, 0.717) is 10.0 Å². The Kier molecular flexibility index (Phi) is 2.66. The highest BCUT2D eigenvalue weighted by Gasteiger charge is 2.22. The maximum Gasteiger partial charge on any atom is 0.137 e. The molecule has 0 N–H and O–H groups in total. The van der Waals surface area contributed by atoms with Gasteiger partial charge >= 0.3 is 0 Å². The Morgan fingerprint density at radius 2 is 2.08 bits per heavy atom. The van der Waals surface area contributed by atoms with Crippen molar-refractivity contribution in [3.05, 3.63) is 28.2 Å². The highest BCUT2D eigenvalue weighted by atomic mass is 35.5. The molecule has 0 bridgehead atoms. The minimum atomic E-state index is 0.591. The van der Waals surface area contributed by atoms with Crippen molar-refractivity contribution in [3.63, 3.8) is 0 Å². The largest absolute Gasteiger partial charge is 0.492 e. The quantitative estimate of drug-likeness (QED) is 0.748. The summed E-state index contributed by atoms with van der Waals surface area (Å²) in [6.07, 6.45) is 2.57. The molecule has 1 aliphatic rings. The molecule has 0 amide bonds. The molecule has 13 heavy (non-hydrogen) atoms. The molecule has 2 rings (SSSR count). The van der Waals surface area contributed by atoms with Crippen LogP contribution in [0, 0.1) is 5.92 Å². The van der Waals surface area contributed by atoms with Gasteiger partial charge in [-0.2, -0.15) is 0 Å². The fourth-order valence-electron chi connectivity index (χ4n) is 1.08. The van der Waals surface area contributed by atoms with Gasteiger partial charge in [0.2, 0.25) is 0 Å². The Labute approximate surface area is 87.6 Å². The molecule has 0 radical (unpaired) electrons. The van der Waals surface area contributed by atoms with Crippen LogP contribution in [0.5, 0.6) is 5.75 Å². The van der Waals surface area contributed by atoms with E-state index in [1.807, 2.05) is 6.07 Å². The fourth-order valence-corrected chi connectivity index (χ4v) is 1.55. The average Bonchev–Trinajstić information content (AvgIpc) is 2.86. The zero-order chi connectivity index (χ0) is 9.26. The molecule has 1 aromatic carbocycles. The van der Waals surface area contributed by atoms with E-state index in [4.69, 9.17) is 27.9 Å². The van der Waals surface area contributed by atoms with Crippen molar-refractivity contribution in [2.45, 2.75) is 12.8 Å². The van der Waals surface area contributed by atoms with Gasteiger partial charge in [0.25, 0.3) is 0 Å². The summed E-state index contributed by atoms with van der Waals surface area (Å²) >= 11 is 11.7. The molecule has 3 heteroatoms. The Bertz CT molecular complexity index is 308. The normalized spacial score (nSPS) is 15.8. The Balaban J connectivity index is 2.01. The van der Waals surface area contributed by atoms with Gasteiger partial charge in [0.15, 0.2) is 0 Å². The fraction of sp³-hybridized carbons (Fsp3) is 0.400. The predicted octanol–water partition coefficient (Wildman–Crippen LogP) is 3.78. The van der Waals surface area contributed by atoms with Crippen molar-refractivity contribution in [1.29, 1.82) is 0 Å². The molecule has 0 unspecified atom stereocenters. The second kappa shape index (κ2) is 3.77. The zero-order valence-corrected chi connectivity index (χ0v) is 8.61. The molecular formula is C10H10Cl2O. The molecule has 1 saturated carbocycles. The molecule has 1 aliphatic carbocycles. The zero-order valence-electron chi connectivity index (χ0n) is 7.09. The second-order valence-corrected chi connectivity index (χ2v) is 4.17. The lowest BCUT2D eigenvalue weighted by Gasteiger charge is -2.06. The lowest BCUT2D eigenvalue weighted by molar-refractivity contribution is 0.300. The van der Waals surface area contributed by atoms with Crippen LogP contribution >= 0.6 is 23.2 Å². The lowest BCUT2D eigenvalue weighted by Crippen LogP contribution is -1.98. The SMILES string of the molecule is Clc1ccc(OCC2CC2)c(Cl)c1. The maximum absolute atomic E-state index is 5.92. The summed E-state index contributed by atoms with van der Waals surface area (Å²) in [7, 11) is 0. The topological polar surface area (TPSA) is 9.23 Å². The summed E-state index contributed by atoms with van der Waals surface area (Å²) in [5.74, 6) is 1.48. The number of benzene rings is 1. The van der Waals surface area contributed by atoms with Crippen molar-refractivity contribution in [1.82, 2.24) is 0 Å². The van der Waals surface area contributed by atoms with E-state index < -0.39 is 0 Å². The first-order chi connectivity index (χ1) is 6.25. The summed E-state index contributed by atoms with van der Waals surface area (Å²) in [6, 6.07) is 5.30. The Morgan fingerprint density at radius 1 is 1.31 bits per heavy atom. The number of halogens is 2. The summed E-state index contributed by atoms with van der Waals surface area (Å²) in [5.41, 5.74) is 0. The van der Waals surface area contributed by atoms with Crippen molar-refractivity contribution < 1.29 is 4.74 Å². The lowest BCUT2D eigenvalue weighted by atomic mass is 10.3. The van der Waals surface area contributed by atoms with Crippen LogP contribution in [0.2, 0.25) is 10.0 Å². The van der Waals surface area contributed by atoms with Crippen molar-refractivity contribution in [2.24, 2.45) is 5.92 Å². The average molecular weight is 217 g/mol. The molecule has 1 aromatic rings. The van der Waals surface area contributed by atoms with Crippen LogP contribution in [0.4, 0.5) is 0 Å². The van der Waals surface area contributed by atoms with E-state index in [2.05, 4.69) is 0 Å². The molecule has 1 nitrogen and oxygen atoms in total. The number of hydrogen-bond acceptors (Lipinski definition) is 1. The Hall–Kier alpha value is -0.400. The molecule has 0 aliphatic heterocycles. The van der Waals surface area contributed by atoms with E-state index in [0.717, 1.165) is 18.3 Å². The van der Waals surface area contributed by atoms with E-state index in [1.54, 1.807) is 12.1 Å². The molecule has 0 spiro atoms. The van der Waals surface area contributed by atoms with Crippen molar-refractivity contribution in [3.8, 4) is 5.75 Å². The van der Waals surface area contributed by atoms with Crippen LogP contribution in [0.25, 0.3) is 0 Å². The van der Waals surface area contributed by atoms with Crippen molar-refractivity contribution in [2.75, 3.05) is 6.61 Å². The minimum Gasteiger partial charge on any atom is -0.492 e. The first-order valence-electron chi connectivity index (χ1n) is 4.33. The van der Waals surface area contributed by atoms with Gasteiger partial charge in [-0.25, -0.2) is 0 Å². The van der Waals surface area contributed by atoms with Crippen LogP contribution in [0.15, 0.2) is 18.2 Å². The molecule has 0 atom stereocenters. The van der Waals surface area contributed by atoms with Gasteiger partial charge < -0.3 is 4.74 Å². The van der Waals surface area contributed by atoms with Gasteiger partial charge in [-0.15, -0.1) is 0 Å². The van der Waals surface area contributed by atoms with Crippen LogP contribution in [0.1, 0.15) is 12.8 Å². The molecular weight excluding hydrogens is 207 g/mol. The standard InChI is InChI=1S/C10H10Cl2O/c11-8-3-4-10(9(12)5-8)13-6-7-1-2-7/h3-5,7H,1-2,6H2. The molecule has 70 valence electrons. The van der Waals surface area contributed by atoms with Crippen LogP contribution in [0.3, 0.4) is 0 Å². The summed E-state index contributed by atoms with van der Waals surface area (Å²) in [4.78, 5) is 0. The smallest absolute Gasteiger partial charge is 0.137 e. The molecule has 0 saturated heterocycles. The van der Waals surface area contributed by atoms with Gasteiger partial charge in [0.05, 0.1) is 11.6 Å². The van der Waals surface area contributed by atoms with E-state index >= 15 is 0 Å². The van der Waals surface area contributed by atoms with Gasteiger partial charge in [0, 0.05) is 5.02 Å². The van der Waals surface area contributed by atoms with Crippen LogP contribution < -0.4 is 4.74 Å². The van der Waals surface area contributed by atoms with Crippen LogP contribution in [-0.2, 0) is 0 Å². The summed E-state index contributed by atoms with van der Waals surface area (Å²) < 4.78 is 5.53. The van der Waals surface area contributed by atoms with Gasteiger partial charge in [-0.05, 0) is 37.0 Å². The van der Waals surface area contributed by atoms with E-state index in [9.17, 15) is 0 Å². The molecule has 0 heterocycles. The number of rotatable bonds is 3. The molecule has 0 aromatic heterocycles. The van der Waals surface area contributed by atoms with Gasteiger partial charge in [-0.3, -0.25) is 0 Å². The maximum atomic E-state index is 5.92. The van der Waals surface area contributed by atoms with E-state index in [-0.39, 0.29) is 0 Å². The number of hydrogen-bond donors (Lipinski definition) is 0. The summed E-state index contributed by atoms with van der Waals surface area (Å²) in [6.45, 7) is 0.779. The highest BCUT2D eigenvalue weighted by Crippen LogP contribution is 2.32. The predicted molar refractivity (Wildman–Crippen MR) is 54.7 cm³/mol.